The molecule has 0 aliphatic carbocycles. The molecule has 0 heteroatoms. The summed E-state index contributed by atoms with van der Waals surface area (Å²) in [6.07, 6.45) is 0. The van der Waals surface area contributed by atoms with Gasteiger partial charge in [-0.15, -0.1) is 0 Å². The van der Waals surface area contributed by atoms with Gasteiger partial charge in [-0.05, 0) is 132 Å². The molecule has 12 rings (SSSR count). The van der Waals surface area contributed by atoms with E-state index in [1.165, 1.54) is 0 Å². The third-order valence-corrected chi connectivity index (χ3v) is 9.44. The van der Waals surface area contributed by atoms with Crippen molar-refractivity contribution in [1.29, 1.82) is 0 Å². The zero-order valence-electron chi connectivity index (χ0n) is 59.0. The first-order valence-corrected chi connectivity index (χ1v) is 16.2. The summed E-state index contributed by atoms with van der Waals surface area (Å²) in [5, 5.41) is -8.47. The Bertz CT molecular complexity index is 5210. The van der Waals surface area contributed by atoms with Gasteiger partial charge in [-0.3, -0.25) is 0 Å². The quantitative estimate of drug-likeness (QED) is 0.159. The smallest absolute Gasteiger partial charge is 0.0622 e. The summed E-state index contributed by atoms with van der Waals surface area (Å²) >= 11 is 0. The van der Waals surface area contributed by atoms with Gasteiger partial charge >= 0.3 is 0 Å². The summed E-state index contributed by atoms with van der Waals surface area (Å²) in [6.45, 7) is 0. The number of rotatable bonds is 4. The molecular weight excluding hydrogens is 649 g/mol. The molecule has 0 fully saturated rings. The lowest BCUT2D eigenvalue weighted by molar-refractivity contribution is 1.58. The summed E-state index contributed by atoms with van der Waals surface area (Å²) in [5.41, 5.74) is -8.17. The molecule has 0 spiro atoms. The van der Waals surface area contributed by atoms with E-state index >= 15 is 0 Å². The van der Waals surface area contributed by atoms with Gasteiger partial charge in [-0.25, -0.2) is 0 Å². The van der Waals surface area contributed by atoms with E-state index in [9.17, 15) is 23.3 Å². The van der Waals surface area contributed by atoms with Crippen LogP contribution >= 0.6 is 0 Å². The Balaban J connectivity index is 1.51. The SMILES string of the molecule is [2H]c1c([2H])c([2H])c(-c2c([2H])c(-c3c([2H])c([2H])c4c([2H])c([2H])c5c([2H])c([2H])c([2H])c6c([2H])c([2H])c3c4c56)c([2H])c(-c3c([2H])c([2H])c4c([2H])c([2H])c5c([2H])c([2H])c([2H])c6c([2H])c([2H])c3c4c56)c2-c2c([2H])c([2H])c([2H])c3c([2H])c([2H])c([2H])c([2H])c23)c([2H])c1[2H]. The van der Waals surface area contributed by atoms with Crippen molar-refractivity contribution in [3.05, 3.63) is 193 Å². The van der Waals surface area contributed by atoms with Crippen LogP contribution in [0.5, 0.6) is 0 Å². The summed E-state index contributed by atoms with van der Waals surface area (Å²) in [4.78, 5) is 0. The summed E-state index contributed by atoms with van der Waals surface area (Å²) in [7, 11) is 0. The van der Waals surface area contributed by atoms with Crippen LogP contribution in [0.2, 0.25) is 0 Å². The maximum atomic E-state index is 10.8. The van der Waals surface area contributed by atoms with Gasteiger partial charge in [0.05, 0.1) is 43.9 Å². The van der Waals surface area contributed by atoms with Gasteiger partial charge in [0.15, 0.2) is 0 Å². The molecule has 54 heavy (non-hydrogen) atoms. The Morgan fingerprint density at radius 3 is 1.37 bits per heavy atom. The molecule has 0 nitrogen and oxygen atoms in total. The third-order valence-electron chi connectivity index (χ3n) is 9.44. The molecule has 0 heterocycles. The predicted molar refractivity (Wildman–Crippen MR) is 233 cm³/mol. The average molecular weight is 713 g/mol. The number of hydrogen-bond donors (Lipinski definition) is 0. The van der Waals surface area contributed by atoms with Crippen LogP contribution in [0.25, 0.3) is 120 Å². The molecule has 0 aromatic heterocycles. The van der Waals surface area contributed by atoms with Gasteiger partial charge in [0.2, 0.25) is 0 Å². The van der Waals surface area contributed by atoms with Gasteiger partial charge in [-0.2, -0.15) is 0 Å². The van der Waals surface area contributed by atoms with Crippen molar-refractivity contribution in [3.63, 3.8) is 0 Å². The highest BCUT2D eigenvalue weighted by atomic mass is 14.3. The van der Waals surface area contributed by atoms with E-state index in [0.29, 0.717) is 0 Å². The second kappa shape index (κ2) is 11.2. The Morgan fingerprint density at radius 2 is 0.704 bits per heavy atom. The van der Waals surface area contributed by atoms with Crippen LogP contribution in [0.3, 0.4) is 0 Å². The molecule has 0 N–H and O–H groups in total. The maximum Gasteiger partial charge on any atom is 0.0636 e. The first-order valence-electron chi connectivity index (χ1n) is 32.2. The van der Waals surface area contributed by atoms with Gasteiger partial charge in [0.25, 0.3) is 0 Å². The van der Waals surface area contributed by atoms with Crippen LogP contribution in [0.1, 0.15) is 43.9 Å². The highest BCUT2D eigenvalue weighted by molar-refractivity contribution is 6.28. The molecule has 12 aromatic carbocycles. The lowest BCUT2D eigenvalue weighted by Crippen LogP contribution is -1.96. The fraction of sp³-hybridized carbons (Fsp3) is 0. The van der Waals surface area contributed by atoms with Crippen LogP contribution < -0.4 is 0 Å². The van der Waals surface area contributed by atoms with Crippen LogP contribution in [0.15, 0.2) is 193 Å². The van der Waals surface area contributed by atoms with E-state index in [0.717, 1.165) is 0 Å². The molecule has 0 unspecified atom stereocenters. The molecule has 0 bridgehead atoms. The van der Waals surface area contributed by atoms with E-state index in [1.807, 2.05) is 0 Å². The number of fused-ring (bicyclic) bond motifs is 1. The minimum Gasteiger partial charge on any atom is -0.0622 e. The molecule has 0 saturated heterocycles. The maximum absolute atomic E-state index is 10.8. The second-order valence-corrected chi connectivity index (χ2v) is 12.2. The molecule has 0 atom stereocenters. The monoisotopic (exact) mass is 712 g/mol. The lowest BCUT2D eigenvalue weighted by atomic mass is 9.80. The van der Waals surface area contributed by atoms with E-state index < -0.39 is 313 Å². The van der Waals surface area contributed by atoms with E-state index in [1.54, 1.807) is 0 Å². The summed E-state index contributed by atoms with van der Waals surface area (Å²) in [5.74, 6) is 0. The minimum atomic E-state index is -1.27. The van der Waals surface area contributed by atoms with Gasteiger partial charge in [0.1, 0.15) is 0 Å². The van der Waals surface area contributed by atoms with Gasteiger partial charge in [0, 0.05) is 0 Å². The van der Waals surface area contributed by atoms with Gasteiger partial charge < -0.3 is 0 Å². The Labute approximate surface area is 357 Å². The van der Waals surface area contributed by atoms with Crippen molar-refractivity contribution in [2.75, 3.05) is 0 Å². The van der Waals surface area contributed by atoms with Crippen LogP contribution in [-0.4, -0.2) is 0 Å². The first-order chi connectivity index (χ1) is 40.1. The lowest BCUT2D eigenvalue weighted by Gasteiger charge is -2.23. The fourth-order valence-electron chi connectivity index (χ4n) is 7.16. The topological polar surface area (TPSA) is 0 Å². The van der Waals surface area contributed by atoms with Crippen LogP contribution in [0.4, 0.5) is 0 Å². The minimum absolute atomic E-state index is 0.421. The summed E-state index contributed by atoms with van der Waals surface area (Å²) in [6, 6.07) is -32.2. The van der Waals surface area contributed by atoms with Crippen molar-refractivity contribution in [2.45, 2.75) is 0 Å². The Hall–Kier alpha value is -7.02. The second-order valence-electron chi connectivity index (χ2n) is 12.2. The third kappa shape index (κ3) is 4.20. The number of benzene rings is 12. The standard InChI is InChI=1S/C54H32/c1-2-9-34(10-3-1)48-31-41(43-27-23-39-21-19-35-13-6-15-37-25-29-46(43)52(39)50(35)37)32-49(54(48)45-18-8-12-33-11-4-5-17-42(33)45)44-28-24-40-22-20-36-14-7-16-38-26-30-47(44)53(40)51(36)38/h1-32H/i1D,2D,3D,4D,5D,6D,7D,8D,9D,10D,11D,12D,13D,14D,15D,16D,17D,18D,19D,20D,21D,22D,23D,24D,25D,26D,27D,28D,29D,30D,31D,32D. The predicted octanol–water partition coefficient (Wildman–Crippen LogP) is 15.3. The van der Waals surface area contributed by atoms with Crippen molar-refractivity contribution in [1.82, 2.24) is 0 Å². The van der Waals surface area contributed by atoms with E-state index in [-0.39, 0.29) is 0 Å². The molecular formula is C54H32. The van der Waals surface area contributed by atoms with E-state index in [2.05, 4.69) is 0 Å². The summed E-state index contributed by atoms with van der Waals surface area (Å²) < 4.78 is 299. The van der Waals surface area contributed by atoms with Crippen LogP contribution in [0, 0.1) is 0 Å². The van der Waals surface area contributed by atoms with E-state index in [4.69, 9.17) is 20.6 Å². The van der Waals surface area contributed by atoms with Crippen molar-refractivity contribution >= 4 is 75.4 Å². The van der Waals surface area contributed by atoms with Crippen molar-refractivity contribution in [3.8, 4) is 44.5 Å². The highest BCUT2D eigenvalue weighted by Gasteiger charge is 2.22. The molecule has 0 aliphatic heterocycles. The zero-order chi connectivity index (χ0) is 63.2. The first kappa shape index (κ1) is 12.3. The number of hydrogen-bond acceptors (Lipinski definition) is 0. The van der Waals surface area contributed by atoms with Crippen molar-refractivity contribution < 1.29 is 43.9 Å². The molecule has 0 amide bonds. The molecule has 12 aromatic rings. The van der Waals surface area contributed by atoms with Crippen molar-refractivity contribution in [2.24, 2.45) is 0 Å². The average Bonchev–Trinajstić information content (AvgIpc) is 0.693. The molecule has 0 saturated carbocycles. The molecule has 248 valence electrons. The fourth-order valence-corrected chi connectivity index (χ4v) is 7.16. The zero-order valence-corrected chi connectivity index (χ0v) is 27.0. The Morgan fingerprint density at radius 1 is 0.241 bits per heavy atom. The molecule has 0 aliphatic rings. The Kier molecular flexibility index (Phi) is 2.55. The van der Waals surface area contributed by atoms with Crippen LogP contribution in [-0.2, 0) is 0 Å². The normalized spacial score (nSPS) is 20.4. The molecule has 0 radical (unpaired) electrons. The van der Waals surface area contributed by atoms with Gasteiger partial charge in [-0.1, -0.05) is 181 Å². The largest absolute Gasteiger partial charge is 0.0636 e. The highest BCUT2D eigenvalue weighted by Crippen LogP contribution is 2.49.